The molecule has 0 aromatic carbocycles. The first-order chi connectivity index (χ1) is 13.3. The number of hydrogen-bond acceptors (Lipinski definition) is 1. The van der Waals surface area contributed by atoms with Crippen LogP contribution in [0.1, 0.15) is 98.3 Å². The number of carbonyl (C=O) groups is 1. The van der Waals surface area contributed by atoms with Gasteiger partial charge in [0.1, 0.15) is 0 Å². The number of amides is 1. The van der Waals surface area contributed by atoms with Gasteiger partial charge in [-0.15, -0.1) is 0 Å². The van der Waals surface area contributed by atoms with E-state index in [0.29, 0.717) is 11.8 Å². The number of hydrogen-bond donors (Lipinski definition) is 1. The van der Waals surface area contributed by atoms with Crippen molar-refractivity contribution in [1.82, 2.24) is 3.80 Å². The predicted octanol–water partition coefficient (Wildman–Crippen LogP) is 6.80. The van der Waals surface area contributed by atoms with Crippen LogP contribution in [-0.4, -0.2) is 12.6 Å². The van der Waals surface area contributed by atoms with Crippen molar-refractivity contribution < 1.29 is 22.2 Å². The molecule has 0 radical (unpaired) electrons. The van der Waals surface area contributed by atoms with E-state index in [0.717, 1.165) is 12.8 Å². The Hall–Kier alpha value is -0.119. The molecule has 0 bridgehead atoms. The van der Waals surface area contributed by atoms with E-state index in [2.05, 4.69) is 44.6 Å². The zero-order valence-electron chi connectivity index (χ0n) is 19.4. The van der Waals surface area contributed by atoms with Crippen LogP contribution in [0.3, 0.4) is 0 Å². The van der Waals surface area contributed by atoms with Crippen molar-refractivity contribution in [2.75, 3.05) is 0 Å². The average Bonchev–Trinajstić information content (AvgIpc) is 2.83. The Morgan fingerprint density at radius 3 is 1.71 bits per heavy atom. The number of rotatable bonds is 4. The second-order valence-electron chi connectivity index (χ2n) is 9.58. The fourth-order valence-corrected chi connectivity index (χ4v) is 15.6. The van der Waals surface area contributed by atoms with Gasteiger partial charge in [0.2, 0.25) is 0 Å². The number of nitrogens with one attached hydrogen (secondary N) is 1. The third-order valence-electron chi connectivity index (χ3n) is 7.24. The second-order valence-corrected chi connectivity index (χ2v) is 22.2. The fraction of sp³-hybridized carbons (Fsp3) is 0.792. The molecule has 1 unspecified atom stereocenters. The van der Waals surface area contributed by atoms with Crippen molar-refractivity contribution in [1.29, 1.82) is 0 Å². The third-order valence-corrected chi connectivity index (χ3v) is 18.7. The summed E-state index contributed by atoms with van der Waals surface area (Å²) in [5.74, 6) is 1.24. The molecule has 0 aromatic heterocycles. The number of carbonyl (C=O) groups excluding carboxylic acids is 1. The molecular formula is C24H44NOSiTi. The molecule has 0 aromatic rings. The van der Waals surface area contributed by atoms with Gasteiger partial charge in [0.05, 0.1) is 0 Å². The Morgan fingerprint density at radius 1 is 0.857 bits per heavy atom. The van der Waals surface area contributed by atoms with Crippen molar-refractivity contribution in [2.24, 2.45) is 11.8 Å². The molecule has 1 fully saturated rings. The van der Waals surface area contributed by atoms with Crippen molar-refractivity contribution in [3.8, 4) is 0 Å². The molecule has 0 aliphatic heterocycles. The van der Waals surface area contributed by atoms with E-state index < -0.39 is 24.0 Å². The first-order valence-electron chi connectivity index (χ1n) is 11.9. The molecule has 159 valence electrons. The molecule has 0 heterocycles. The molecule has 1 saturated carbocycles. The quantitative estimate of drug-likeness (QED) is 0.481. The van der Waals surface area contributed by atoms with Gasteiger partial charge < -0.3 is 0 Å². The Labute approximate surface area is 182 Å². The van der Waals surface area contributed by atoms with Crippen LogP contribution in [0.4, 0.5) is 0 Å². The first-order valence-corrected chi connectivity index (χ1v) is 19.1. The maximum absolute atomic E-state index is 13.4. The Bertz CT molecular complexity index is 583. The standard InChI is InChI=1S/C13H25NO.C9H13.C2H7Si.Ti/c14-13(15)12-10-8-6-4-2-1-3-5-7-9-11-12;1-6-5-7(2)9(4)8(6)3;1-3-2;/h12H,1-11H2,(H2,14,15);6H,1-4H3;3H,1-2H3;/q;;;+1/p-1. The Kier molecular flexibility index (Phi) is 10.3. The molecule has 0 saturated heterocycles. The van der Waals surface area contributed by atoms with Crippen molar-refractivity contribution in [3.63, 3.8) is 0 Å². The summed E-state index contributed by atoms with van der Waals surface area (Å²) in [7, 11) is 0. The molecule has 0 spiro atoms. The summed E-state index contributed by atoms with van der Waals surface area (Å²) in [6.07, 6.45) is 14.3. The van der Waals surface area contributed by atoms with Crippen LogP contribution in [0.5, 0.6) is 0 Å². The first kappa shape index (κ1) is 24.2. The van der Waals surface area contributed by atoms with Crippen LogP contribution in [-0.2, 0) is 22.2 Å². The molecule has 1 atom stereocenters. The molecule has 2 aliphatic rings. The van der Waals surface area contributed by atoms with E-state index in [4.69, 9.17) is 0 Å². The van der Waals surface area contributed by atoms with Crippen LogP contribution >= 0.6 is 0 Å². The second kappa shape index (κ2) is 11.9. The van der Waals surface area contributed by atoms with Crippen LogP contribution in [0.2, 0.25) is 13.1 Å². The predicted molar refractivity (Wildman–Crippen MR) is 122 cm³/mol. The summed E-state index contributed by atoms with van der Waals surface area (Å²) in [5.41, 5.74) is 4.54. The zero-order valence-corrected chi connectivity index (χ0v) is 22.1. The molecule has 1 amide bonds. The van der Waals surface area contributed by atoms with Crippen molar-refractivity contribution >= 4 is 12.6 Å². The zero-order chi connectivity index (χ0) is 20.7. The van der Waals surface area contributed by atoms with Gasteiger partial charge in [0, 0.05) is 0 Å². The van der Waals surface area contributed by atoms with E-state index in [1.54, 1.807) is 3.88 Å². The maximum atomic E-state index is 13.4. The van der Waals surface area contributed by atoms with Gasteiger partial charge in [-0.2, -0.15) is 0 Å². The summed E-state index contributed by atoms with van der Waals surface area (Å²) >= 11 is -1.70. The average molecular weight is 439 g/mol. The Balaban J connectivity index is 2.07. The summed E-state index contributed by atoms with van der Waals surface area (Å²) in [6.45, 7) is 13.3. The summed E-state index contributed by atoms with van der Waals surface area (Å²) in [6, 6.07) is 0. The third kappa shape index (κ3) is 6.44. The van der Waals surface area contributed by atoms with E-state index in [-0.39, 0.29) is 5.92 Å². The summed E-state index contributed by atoms with van der Waals surface area (Å²) < 4.78 is 5.43. The molecule has 1 N–H and O–H groups in total. The topological polar surface area (TPSA) is 29.1 Å². The molecule has 4 heteroatoms. The molecule has 2 rings (SSSR count). The monoisotopic (exact) mass is 438 g/mol. The van der Waals surface area contributed by atoms with Crippen molar-refractivity contribution in [3.05, 3.63) is 20.6 Å². The van der Waals surface area contributed by atoms with E-state index in [1.807, 2.05) is 0 Å². The molecular weight excluding hydrogens is 394 g/mol. The van der Waals surface area contributed by atoms with Gasteiger partial charge in [-0.1, -0.05) is 0 Å². The Morgan fingerprint density at radius 2 is 1.32 bits per heavy atom. The van der Waals surface area contributed by atoms with Gasteiger partial charge >= 0.3 is 182 Å². The van der Waals surface area contributed by atoms with Gasteiger partial charge in [-0.05, 0) is 0 Å². The van der Waals surface area contributed by atoms with Crippen LogP contribution in [0.25, 0.3) is 0 Å². The van der Waals surface area contributed by atoms with Gasteiger partial charge in [0.15, 0.2) is 0 Å². The van der Waals surface area contributed by atoms with E-state index in [9.17, 15) is 4.79 Å². The summed E-state index contributed by atoms with van der Waals surface area (Å²) in [5, 5.41) is 0. The van der Waals surface area contributed by atoms with Crippen LogP contribution in [0, 0.1) is 11.8 Å². The van der Waals surface area contributed by atoms with Gasteiger partial charge in [-0.3, -0.25) is 0 Å². The number of allylic oxidation sites excluding steroid dienone is 4. The molecule has 2 aliphatic carbocycles. The molecule has 2 nitrogen and oxygen atoms in total. The van der Waals surface area contributed by atoms with E-state index in [1.165, 1.54) is 74.5 Å². The minimum absolute atomic E-state index is 0.266. The SMILES string of the molecule is CC1=C(C)C(C)[C]([Ti]([NH]C(=O)C2CCCCCCCCCCC2)[SiH](C)C)=C1C. The minimum atomic E-state index is -1.70. The van der Waals surface area contributed by atoms with E-state index >= 15 is 0 Å². The van der Waals surface area contributed by atoms with Crippen molar-refractivity contribution in [2.45, 2.75) is 111 Å². The van der Waals surface area contributed by atoms with Crippen LogP contribution in [0.15, 0.2) is 20.6 Å². The molecule has 28 heavy (non-hydrogen) atoms. The van der Waals surface area contributed by atoms with Gasteiger partial charge in [-0.25, -0.2) is 0 Å². The summed E-state index contributed by atoms with van der Waals surface area (Å²) in [4.78, 5) is 13.4. The van der Waals surface area contributed by atoms with Crippen LogP contribution < -0.4 is 3.80 Å². The normalized spacial score (nSPS) is 23.6. The fourth-order valence-electron chi connectivity index (χ4n) is 4.98. The van der Waals surface area contributed by atoms with Gasteiger partial charge in [0.25, 0.3) is 0 Å².